The predicted molar refractivity (Wildman–Crippen MR) is 103 cm³/mol. The molecule has 0 bridgehead atoms. The first kappa shape index (κ1) is 18.8. The molecule has 3 aromatic rings. The van der Waals surface area contributed by atoms with Crippen LogP contribution in [0.1, 0.15) is 12.5 Å². The van der Waals surface area contributed by atoms with Crippen molar-refractivity contribution in [3.8, 4) is 17.2 Å². The molecule has 0 saturated carbocycles. The Morgan fingerprint density at radius 3 is 2.37 bits per heavy atom. The number of nitrogens with two attached hydrogens (primary N) is 1. The standard InChI is InChI=1S/C21H23NO5/c1-3-25-16-4-6-17(7-5-16)26-11-10-22-14-15-12-21(23)27-20-13-18(24-2)8-9-19(15)20/h4-9,12-13,22H,3,10-11,14H2,1-2H3/p+1. The molecule has 27 heavy (non-hydrogen) atoms. The monoisotopic (exact) mass is 370 g/mol. The van der Waals surface area contributed by atoms with E-state index in [2.05, 4.69) is 5.32 Å². The second-order valence-electron chi connectivity index (χ2n) is 5.99. The third-order valence-electron chi connectivity index (χ3n) is 4.13. The molecule has 0 saturated heterocycles. The van der Waals surface area contributed by atoms with Gasteiger partial charge in [-0.3, -0.25) is 0 Å². The molecule has 3 rings (SSSR count). The first-order chi connectivity index (χ1) is 13.2. The van der Waals surface area contributed by atoms with Crippen LogP contribution in [0.4, 0.5) is 0 Å². The molecule has 0 radical (unpaired) electrons. The molecule has 0 fully saturated rings. The maximum absolute atomic E-state index is 11.8. The quantitative estimate of drug-likeness (QED) is 0.462. The van der Waals surface area contributed by atoms with Crippen LogP contribution in [-0.2, 0) is 6.54 Å². The van der Waals surface area contributed by atoms with Gasteiger partial charge in [0, 0.05) is 23.1 Å². The lowest BCUT2D eigenvalue weighted by molar-refractivity contribution is -0.671. The Kier molecular flexibility index (Phi) is 6.33. The Morgan fingerprint density at radius 1 is 0.963 bits per heavy atom. The summed E-state index contributed by atoms with van der Waals surface area (Å²) in [4.78, 5) is 11.8. The minimum Gasteiger partial charge on any atom is -0.497 e. The topological polar surface area (TPSA) is 74.5 Å². The number of fused-ring (bicyclic) bond motifs is 1. The fourth-order valence-electron chi connectivity index (χ4n) is 2.82. The molecule has 0 amide bonds. The van der Waals surface area contributed by atoms with Crippen LogP contribution in [0.15, 0.2) is 57.7 Å². The van der Waals surface area contributed by atoms with Gasteiger partial charge in [-0.05, 0) is 43.3 Å². The summed E-state index contributed by atoms with van der Waals surface area (Å²) in [6.45, 7) is 4.61. The van der Waals surface area contributed by atoms with Gasteiger partial charge in [0.05, 0.1) is 13.7 Å². The summed E-state index contributed by atoms with van der Waals surface area (Å²) < 4.78 is 21.6. The van der Waals surface area contributed by atoms with Crippen molar-refractivity contribution in [3.63, 3.8) is 0 Å². The van der Waals surface area contributed by atoms with Gasteiger partial charge in [0.2, 0.25) is 0 Å². The SMILES string of the molecule is CCOc1ccc(OCC[NH2+]Cc2cc(=O)oc3cc(OC)ccc23)cc1. The first-order valence-electron chi connectivity index (χ1n) is 8.97. The van der Waals surface area contributed by atoms with Crippen LogP contribution in [0.2, 0.25) is 0 Å². The van der Waals surface area contributed by atoms with E-state index in [1.54, 1.807) is 19.2 Å². The van der Waals surface area contributed by atoms with E-state index in [-0.39, 0.29) is 5.63 Å². The zero-order valence-electron chi connectivity index (χ0n) is 15.6. The molecule has 6 heteroatoms. The Bertz CT molecular complexity index is 933. The smallest absolute Gasteiger partial charge is 0.336 e. The summed E-state index contributed by atoms with van der Waals surface area (Å²) in [6, 6.07) is 14.6. The summed E-state index contributed by atoms with van der Waals surface area (Å²) in [5, 5.41) is 3.02. The summed E-state index contributed by atoms with van der Waals surface area (Å²) in [6.07, 6.45) is 0. The minimum absolute atomic E-state index is 0.357. The molecule has 6 nitrogen and oxygen atoms in total. The molecule has 0 aliphatic heterocycles. The largest absolute Gasteiger partial charge is 0.497 e. The molecule has 1 aromatic heterocycles. The first-order valence-corrected chi connectivity index (χ1v) is 8.97. The zero-order valence-corrected chi connectivity index (χ0v) is 15.6. The Hall–Kier alpha value is -2.99. The van der Waals surface area contributed by atoms with E-state index >= 15 is 0 Å². The van der Waals surface area contributed by atoms with Crippen molar-refractivity contribution in [3.05, 3.63) is 64.5 Å². The van der Waals surface area contributed by atoms with Crippen LogP contribution in [-0.4, -0.2) is 26.9 Å². The summed E-state index contributed by atoms with van der Waals surface area (Å²) in [5.74, 6) is 2.31. The summed E-state index contributed by atoms with van der Waals surface area (Å²) in [5.41, 5.74) is 1.12. The van der Waals surface area contributed by atoms with Crippen molar-refractivity contribution in [1.82, 2.24) is 0 Å². The third-order valence-corrected chi connectivity index (χ3v) is 4.13. The van der Waals surface area contributed by atoms with Crippen molar-refractivity contribution in [2.75, 3.05) is 26.9 Å². The lowest BCUT2D eigenvalue weighted by Crippen LogP contribution is -2.83. The lowest BCUT2D eigenvalue weighted by atomic mass is 10.1. The van der Waals surface area contributed by atoms with E-state index in [1.807, 2.05) is 43.3 Å². The average Bonchev–Trinajstić information content (AvgIpc) is 2.68. The molecule has 0 spiro atoms. The van der Waals surface area contributed by atoms with Crippen molar-refractivity contribution in [1.29, 1.82) is 0 Å². The Balaban J connectivity index is 1.53. The zero-order chi connectivity index (χ0) is 19.1. The maximum Gasteiger partial charge on any atom is 0.336 e. The van der Waals surface area contributed by atoms with Crippen LogP contribution in [0, 0.1) is 0 Å². The van der Waals surface area contributed by atoms with Crippen LogP contribution in [0.25, 0.3) is 11.0 Å². The molecule has 0 unspecified atom stereocenters. The molecule has 1 heterocycles. The molecule has 2 aromatic carbocycles. The average molecular weight is 370 g/mol. The van der Waals surface area contributed by atoms with E-state index in [0.29, 0.717) is 31.1 Å². The number of ether oxygens (including phenoxy) is 3. The maximum atomic E-state index is 11.8. The van der Waals surface area contributed by atoms with Crippen LogP contribution < -0.4 is 25.2 Å². The van der Waals surface area contributed by atoms with Gasteiger partial charge in [0.25, 0.3) is 0 Å². The number of benzene rings is 2. The van der Waals surface area contributed by atoms with Gasteiger partial charge >= 0.3 is 5.63 Å². The Labute approximate surface area is 157 Å². The highest BCUT2D eigenvalue weighted by Gasteiger charge is 2.08. The second-order valence-corrected chi connectivity index (χ2v) is 5.99. The molecular formula is C21H24NO5+. The summed E-state index contributed by atoms with van der Waals surface area (Å²) in [7, 11) is 1.58. The number of methoxy groups -OCH3 is 1. The van der Waals surface area contributed by atoms with Crippen LogP contribution in [0.5, 0.6) is 17.2 Å². The summed E-state index contributed by atoms with van der Waals surface area (Å²) >= 11 is 0. The van der Waals surface area contributed by atoms with Gasteiger partial charge in [-0.15, -0.1) is 0 Å². The van der Waals surface area contributed by atoms with Gasteiger partial charge in [0.15, 0.2) is 0 Å². The van der Waals surface area contributed by atoms with Gasteiger partial charge in [-0.1, -0.05) is 0 Å². The third kappa shape index (κ3) is 5.01. The van der Waals surface area contributed by atoms with Crippen molar-refractivity contribution in [2.24, 2.45) is 0 Å². The number of rotatable bonds is 9. The molecule has 2 N–H and O–H groups in total. The minimum atomic E-state index is -0.357. The van der Waals surface area contributed by atoms with E-state index in [0.717, 1.165) is 29.0 Å². The van der Waals surface area contributed by atoms with Crippen molar-refractivity contribution >= 4 is 11.0 Å². The van der Waals surface area contributed by atoms with Gasteiger partial charge < -0.3 is 23.9 Å². The normalized spacial score (nSPS) is 10.7. The molecule has 142 valence electrons. The van der Waals surface area contributed by atoms with Gasteiger partial charge in [-0.2, -0.15) is 0 Å². The van der Waals surface area contributed by atoms with E-state index in [4.69, 9.17) is 18.6 Å². The second kappa shape index (κ2) is 9.09. The highest BCUT2D eigenvalue weighted by molar-refractivity contribution is 5.81. The Morgan fingerprint density at radius 2 is 1.67 bits per heavy atom. The van der Waals surface area contributed by atoms with Gasteiger partial charge in [0.1, 0.15) is 42.5 Å². The molecular weight excluding hydrogens is 346 g/mol. The number of hydrogen-bond donors (Lipinski definition) is 1. The molecule has 0 aliphatic rings. The van der Waals surface area contributed by atoms with E-state index in [9.17, 15) is 4.79 Å². The molecule has 0 atom stereocenters. The van der Waals surface area contributed by atoms with E-state index in [1.165, 1.54) is 0 Å². The number of hydrogen-bond acceptors (Lipinski definition) is 5. The van der Waals surface area contributed by atoms with Crippen molar-refractivity contribution < 1.29 is 23.9 Å². The predicted octanol–water partition coefficient (Wildman–Crippen LogP) is 2.34. The fourth-order valence-corrected chi connectivity index (χ4v) is 2.82. The van der Waals surface area contributed by atoms with E-state index < -0.39 is 0 Å². The number of quaternary nitrogens is 1. The lowest BCUT2D eigenvalue weighted by Gasteiger charge is -2.08. The fraction of sp³-hybridized carbons (Fsp3) is 0.286. The highest BCUT2D eigenvalue weighted by Crippen LogP contribution is 2.22. The van der Waals surface area contributed by atoms with Crippen LogP contribution in [0.3, 0.4) is 0 Å². The van der Waals surface area contributed by atoms with Crippen molar-refractivity contribution in [2.45, 2.75) is 13.5 Å². The van der Waals surface area contributed by atoms with Crippen LogP contribution >= 0.6 is 0 Å². The highest BCUT2D eigenvalue weighted by atomic mass is 16.5. The molecule has 0 aliphatic carbocycles. The van der Waals surface area contributed by atoms with Gasteiger partial charge in [-0.25, -0.2) is 4.79 Å².